The Balaban J connectivity index is 1.41. The van der Waals surface area contributed by atoms with Gasteiger partial charge in [-0.2, -0.15) is 0 Å². The van der Waals surface area contributed by atoms with Gasteiger partial charge >= 0.3 is 0 Å². The van der Waals surface area contributed by atoms with Crippen LogP contribution in [0.1, 0.15) is 66.3 Å². The van der Waals surface area contributed by atoms with Crippen molar-refractivity contribution >= 4 is 9.84 Å². The molecule has 0 saturated heterocycles. The second-order valence-corrected chi connectivity index (χ2v) is 12.7. The van der Waals surface area contributed by atoms with Crippen molar-refractivity contribution in [3.8, 4) is 0 Å². The van der Waals surface area contributed by atoms with Crippen LogP contribution in [0.4, 0.5) is 0 Å². The SMILES string of the molecule is Cc1ccc(C(CCCCCCC(O)CS(=O)(=O)c2ccc(C)cc2)(c2ccccc2)c2ccccc2)cc1. The van der Waals surface area contributed by atoms with Crippen LogP contribution < -0.4 is 0 Å². The van der Waals surface area contributed by atoms with Gasteiger partial charge in [0, 0.05) is 5.41 Å². The van der Waals surface area contributed by atoms with Crippen molar-refractivity contribution in [1.29, 1.82) is 0 Å². The number of aliphatic hydroxyl groups is 1. The van der Waals surface area contributed by atoms with Crippen molar-refractivity contribution in [3.05, 3.63) is 137 Å². The summed E-state index contributed by atoms with van der Waals surface area (Å²) in [6.45, 7) is 4.05. The predicted molar refractivity (Wildman–Crippen MR) is 161 cm³/mol. The first-order valence-corrected chi connectivity index (χ1v) is 15.6. The Labute approximate surface area is 234 Å². The van der Waals surface area contributed by atoms with Gasteiger partial charge in [0.25, 0.3) is 0 Å². The first-order chi connectivity index (χ1) is 18.8. The second-order valence-electron chi connectivity index (χ2n) is 10.7. The quantitative estimate of drug-likeness (QED) is 0.139. The molecule has 0 aliphatic carbocycles. The van der Waals surface area contributed by atoms with Crippen LogP contribution >= 0.6 is 0 Å². The van der Waals surface area contributed by atoms with Crippen molar-refractivity contribution in [2.45, 2.75) is 68.8 Å². The topological polar surface area (TPSA) is 54.4 Å². The highest BCUT2D eigenvalue weighted by Crippen LogP contribution is 2.43. The summed E-state index contributed by atoms with van der Waals surface area (Å²) >= 11 is 0. The summed E-state index contributed by atoms with van der Waals surface area (Å²) in [5, 5.41) is 10.5. The summed E-state index contributed by atoms with van der Waals surface area (Å²) in [6.07, 6.45) is 4.41. The number of aryl methyl sites for hydroxylation is 2. The van der Waals surface area contributed by atoms with E-state index in [1.54, 1.807) is 24.3 Å². The van der Waals surface area contributed by atoms with E-state index in [0.29, 0.717) is 6.42 Å². The van der Waals surface area contributed by atoms with Gasteiger partial charge in [0.2, 0.25) is 0 Å². The average molecular weight is 541 g/mol. The molecule has 1 atom stereocenters. The molecule has 0 heterocycles. The molecule has 0 bridgehead atoms. The van der Waals surface area contributed by atoms with E-state index < -0.39 is 15.9 Å². The fourth-order valence-electron chi connectivity index (χ4n) is 5.52. The Bertz CT molecular complexity index is 1360. The van der Waals surface area contributed by atoms with Crippen LogP contribution in [0.3, 0.4) is 0 Å². The van der Waals surface area contributed by atoms with Gasteiger partial charge < -0.3 is 5.11 Å². The largest absolute Gasteiger partial charge is 0.392 e. The Kier molecular flexibility index (Phi) is 9.77. The van der Waals surface area contributed by atoms with Crippen LogP contribution in [0.15, 0.2) is 114 Å². The number of unbranched alkanes of at least 4 members (excludes halogenated alkanes) is 3. The van der Waals surface area contributed by atoms with Crippen molar-refractivity contribution in [2.24, 2.45) is 0 Å². The molecule has 0 spiro atoms. The van der Waals surface area contributed by atoms with Gasteiger partial charge in [-0.3, -0.25) is 0 Å². The van der Waals surface area contributed by atoms with E-state index in [9.17, 15) is 13.5 Å². The molecule has 1 unspecified atom stereocenters. The molecule has 0 saturated carbocycles. The van der Waals surface area contributed by atoms with Gasteiger partial charge in [0.05, 0.1) is 16.8 Å². The second kappa shape index (κ2) is 13.2. The third-order valence-electron chi connectivity index (χ3n) is 7.71. The van der Waals surface area contributed by atoms with E-state index in [2.05, 4.69) is 91.9 Å². The van der Waals surface area contributed by atoms with Crippen LogP contribution in [-0.4, -0.2) is 25.4 Å². The standard InChI is InChI=1S/C35H40O3S/c1-28-18-22-32(23-19-28)35(30-13-7-5-8-14-30,31-15-9-6-10-16-31)26-12-4-3-11-17-33(36)27-39(37,38)34-24-20-29(2)21-25-34/h5-10,13-16,18-25,33,36H,3-4,11-12,17,26-27H2,1-2H3. The molecule has 0 amide bonds. The molecular weight excluding hydrogens is 500 g/mol. The van der Waals surface area contributed by atoms with Crippen LogP contribution in [0.2, 0.25) is 0 Å². The molecule has 204 valence electrons. The lowest BCUT2D eigenvalue weighted by Gasteiger charge is -2.36. The van der Waals surface area contributed by atoms with E-state index >= 15 is 0 Å². The van der Waals surface area contributed by atoms with E-state index in [0.717, 1.165) is 37.7 Å². The maximum Gasteiger partial charge on any atom is 0.180 e. The minimum Gasteiger partial charge on any atom is -0.392 e. The summed E-state index contributed by atoms with van der Waals surface area (Å²) in [5.41, 5.74) is 5.88. The molecule has 0 aliphatic rings. The van der Waals surface area contributed by atoms with E-state index in [-0.39, 0.29) is 16.1 Å². The van der Waals surface area contributed by atoms with Crippen LogP contribution in [0.5, 0.6) is 0 Å². The maximum absolute atomic E-state index is 12.7. The summed E-state index contributed by atoms with van der Waals surface area (Å²) in [6, 6.07) is 37.3. The van der Waals surface area contributed by atoms with Crippen molar-refractivity contribution in [3.63, 3.8) is 0 Å². The molecular formula is C35H40O3S. The molecule has 0 aromatic heterocycles. The predicted octanol–water partition coefficient (Wildman–Crippen LogP) is 7.81. The lowest BCUT2D eigenvalue weighted by Crippen LogP contribution is -2.29. The Morgan fingerprint density at radius 3 is 1.62 bits per heavy atom. The summed E-state index contributed by atoms with van der Waals surface area (Å²) in [7, 11) is -3.49. The van der Waals surface area contributed by atoms with Gasteiger partial charge in [-0.25, -0.2) is 8.42 Å². The highest BCUT2D eigenvalue weighted by molar-refractivity contribution is 7.91. The zero-order valence-electron chi connectivity index (χ0n) is 23.1. The smallest absolute Gasteiger partial charge is 0.180 e. The van der Waals surface area contributed by atoms with E-state index in [1.165, 1.54) is 22.3 Å². The highest BCUT2D eigenvalue weighted by atomic mass is 32.2. The number of hydrogen-bond donors (Lipinski definition) is 1. The molecule has 1 N–H and O–H groups in total. The van der Waals surface area contributed by atoms with Crippen molar-refractivity contribution in [2.75, 3.05) is 5.75 Å². The third-order valence-corrected chi connectivity index (χ3v) is 9.52. The molecule has 4 aromatic rings. The molecule has 4 aromatic carbocycles. The first kappa shape index (κ1) is 28.8. The molecule has 39 heavy (non-hydrogen) atoms. The Hall–Kier alpha value is -3.21. The molecule has 4 heteroatoms. The molecule has 4 rings (SSSR count). The van der Waals surface area contributed by atoms with E-state index in [1.807, 2.05) is 6.92 Å². The molecule has 0 radical (unpaired) electrons. The van der Waals surface area contributed by atoms with Crippen LogP contribution in [0, 0.1) is 13.8 Å². The fourth-order valence-corrected chi connectivity index (χ4v) is 6.93. The minimum absolute atomic E-state index is 0.228. The fraction of sp³-hybridized carbons (Fsp3) is 0.314. The normalized spacial score (nSPS) is 12.8. The van der Waals surface area contributed by atoms with Gasteiger partial charge in [0.15, 0.2) is 9.84 Å². The number of hydrogen-bond acceptors (Lipinski definition) is 3. The number of sulfone groups is 1. The Morgan fingerprint density at radius 1 is 0.615 bits per heavy atom. The number of rotatable bonds is 13. The zero-order valence-corrected chi connectivity index (χ0v) is 23.9. The van der Waals surface area contributed by atoms with Crippen molar-refractivity contribution in [1.82, 2.24) is 0 Å². The van der Waals surface area contributed by atoms with Crippen LogP contribution in [-0.2, 0) is 15.3 Å². The summed E-state index contributed by atoms with van der Waals surface area (Å²) < 4.78 is 25.3. The van der Waals surface area contributed by atoms with Gasteiger partial charge in [-0.15, -0.1) is 0 Å². The maximum atomic E-state index is 12.7. The number of aliphatic hydroxyl groups excluding tert-OH is 1. The Morgan fingerprint density at radius 2 is 1.08 bits per heavy atom. The summed E-state index contributed by atoms with van der Waals surface area (Å²) in [5.74, 6) is -0.228. The van der Waals surface area contributed by atoms with Crippen LogP contribution in [0.25, 0.3) is 0 Å². The monoisotopic (exact) mass is 540 g/mol. The zero-order chi connectivity index (χ0) is 27.7. The van der Waals surface area contributed by atoms with Gasteiger partial charge in [-0.05, 0) is 55.5 Å². The lowest BCUT2D eigenvalue weighted by atomic mass is 9.66. The highest BCUT2D eigenvalue weighted by Gasteiger charge is 2.35. The summed E-state index contributed by atoms with van der Waals surface area (Å²) in [4.78, 5) is 0.279. The lowest BCUT2D eigenvalue weighted by molar-refractivity contribution is 0.182. The molecule has 0 fully saturated rings. The van der Waals surface area contributed by atoms with Gasteiger partial charge in [0.1, 0.15) is 0 Å². The minimum atomic E-state index is -3.49. The van der Waals surface area contributed by atoms with Crippen molar-refractivity contribution < 1.29 is 13.5 Å². The molecule has 3 nitrogen and oxygen atoms in total. The first-order valence-electron chi connectivity index (χ1n) is 14.0. The average Bonchev–Trinajstić information content (AvgIpc) is 2.94. The molecule has 0 aliphatic heterocycles. The van der Waals surface area contributed by atoms with E-state index in [4.69, 9.17) is 0 Å². The number of benzene rings is 4. The van der Waals surface area contributed by atoms with Gasteiger partial charge in [-0.1, -0.05) is 134 Å². The third kappa shape index (κ3) is 7.26.